The van der Waals surface area contributed by atoms with Crippen molar-refractivity contribution in [2.24, 2.45) is 0 Å². The van der Waals surface area contributed by atoms with Crippen LogP contribution in [0.25, 0.3) is 16.6 Å². The van der Waals surface area contributed by atoms with Crippen LogP contribution in [0.2, 0.25) is 0 Å². The zero-order valence-electron chi connectivity index (χ0n) is 16.5. The van der Waals surface area contributed by atoms with Crippen LogP contribution in [0, 0.1) is 0 Å². The van der Waals surface area contributed by atoms with Crippen LogP contribution in [-0.2, 0) is 17.9 Å². The van der Waals surface area contributed by atoms with Crippen LogP contribution in [0.4, 0.5) is 0 Å². The number of thiophene rings is 1. The predicted octanol–water partition coefficient (Wildman–Crippen LogP) is 4.08. The minimum atomic E-state index is -0.103. The fourth-order valence-electron chi connectivity index (χ4n) is 3.13. The largest absolute Gasteiger partial charge is 0.352 e. The molecular formula is C23H23N5OS. The van der Waals surface area contributed by atoms with E-state index in [0.29, 0.717) is 13.1 Å². The van der Waals surface area contributed by atoms with E-state index in [1.165, 1.54) is 5.56 Å². The van der Waals surface area contributed by atoms with Crippen LogP contribution in [0.5, 0.6) is 0 Å². The fourth-order valence-corrected chi connectivity index (χ4v) is 3.86. The first kappa shape index (κ1) is 19.8. The summed E-state index contributed by atoms with van der Waals surface area (Å²) in [6, 6.07) is 14.3. The van der Waals surface area contributed by atoms with Gasteiger partial charge in [0.05, 0.1) is 17.7 Å². The molecular weight excluding hydrogens is 394 g/mol. The first-order chi connectivity index (χ1) is 14.8. The molecule has 0 aliphatic carbocycles. The highest BCUT2D eigenvalue weighted by Crippen LogP contribution is 2.27. The summed E-state index contributed by atoms with van der Waals surface area (Å²) < 4.78 is 3.92. The number of hydrogen-bond donors (Lipinski definition) is 1. The monoisotopic (exact) mass is 417 g/mol. The van der Waals surface area contributed by atoms with Gasteiger partial charge in [0.2, 0.25) is 5.91 Å². The van der Waals surface area contributed by atoms with Gasteiger partial charge in [-0.05, 0) is 29.5 Å². The van der Waals surface area contributed by atoms with Crippen LogP contribution in [0.3, 0.4) is 0 Å². The molecule has 7 heteroatoms. The molecule has 4 rings (SSSR count). The van der Waals surface area contributed by atoms with Crippen molar-refractivity contribution in [2.75, 3.05) is 6.54 Å². The van der Waals surface area contributed by atoms with Crippen molar-refractivity contribution < 1.29 is 4.79 Å². The zero-order valence-corrected chi connectivity index (χ0v) is 17.3. The first-order valence-corrected chi connectivity index (χ1v) is 10.7. The molecule has 1 aromatic carbocycles. The molecule has 30 heavy (non-hydrogen) atoms. The number of aryl methyl sites for hydroxylation is 1. The number of hydrogen-bond acceptors (Lipinski definition) is 4. The second kappa shape index (κ2) is 9.84. The summed E-state index contributed by atoms with van der Waals surface area (Å²) in [4.78, 5) is 17.3. The third kappa shape index (κ3) is 5.33. The molecule has 152 valence electrons. The van der Waals surface area contributed by atoms with Gasteiger partial charge in [-0.25, -0.2) is 4.98 Å². The lowest BCUT2D eigenvalue weighted by Crippen LogP contribution is -2.22. The maximum Gasteiger partial charge on any atom is 0.244 e. The second-order valence-corrected chi connectivity index (χ2v) is 7.82. The lowest BCUT2D eigenvalue weighted by molar-refractivity contribution is -0.116. The Labute approximate surface area is 179 Å². The number of aromatic nitrogens is 4. The van der Waals surface area contributed by atoms with Gasteiger partial charge in [0.1, 0.15) is 5.69 Å². The molecule has 0 unspecified atom stereocenters. The molecule has 0 radical (unpaired) electrons. The van der Waals surface area contributed by atoms with Crippen molar-refractivity contribution in [1.82, 2.24) is 24.6 Å². The van der Waals surface area contributed by atoms with Crippen LogP contribution >= 0.6 is 11.3 Å². The molecule has 3 heterocycles. The number of imidazole rings is 1. The van der Waals surface area contributed by atoms with Gasteiger partial charge in [0.25, 0.3) is 0 Å². The van der Waals surface area contributed by atoms with Crippen LogP contribution in [0.1, 0.15) is 17.5 Å². The summed E-state index contributed by atoms with van der Waals surface area (Å²) in [5.41, 5.74) is 3.01. The first-order valence-electron chi connectivity index (χ1n) is 9.85. The van der Waals surface area contributed by atoms with Gasteiger partial charge in [0, 0.05) is 43.3 Å². The van der Waals surface area contributed by atoms with Crippen LogP contribution in [0.15, 0.2) is 78.8 Å². The number of nitrogens with zero attached hydrogens (tertiary/aromatic N) is 4. The van der Waals surface area contributed by atoms with Gasteiger partial charge in [-0.15, -0.1) is 11.3 Å². The van der Waals surface area contributed by atoms with Gasteiger partial charge in [-0.1, -0.05) is 36.4 Å². The Morgan fingerprint density at radius 1 is 1.17 bits per heavy atom. The van der Waals surface area contributed by atoms with Crippen molar-refractivity contribution in [1.29, 1.82) is 0 Å². The van der Waals surface area contributed by atoms with Crippen molar-refractivity contribution in [3.8, 4) is 10.6 Å². The number of rotatable bonds is 9. The second-order valence-electron chi connectivity index (χ2n) is 6.87. The van der Waals surface area contributed by atoms with Crippen molar-refractivity contribution in [3.63, 3.8) is 0 Å². The Kier molecular flexibility index (Phi) is 6.51. The smallest absolute Gasteiger partial charge is 0.244 e. The van der Waals surface area contributed by atoms with Gasteiger partial charge in [-0.3, -0.25) is 9.48 Å². The molecule has 0 saturated carbocycles. The molecule has 0 bridgehead atoms. The topological polar surface area (TPSA) is 64.7 Å². The summed E-state index contributed by atoms with van der Waals surface area (Å²) in [6.07, 6.45) is 11.7. The van der Waals surface area contributed by atoms with Crippen molar-refractivity contribution >= 4 is 23.3 Å². The normalized spacial score (nSPS) is 11.2. The third-order valence-electron chi connectivity index (χ3n) is 4.60. The molecule has 4 aromatic rings. The molecule has 0 fully saturated rings. The highest BCUT2D eigenvalue weighted by molar-refractivity contribution is 7.13. The quantitative estimate of drug-likeness (QED) is 0.330. The predicted molar refractivity (Wildman–Crippen MR) is 120 cm³/mol. The third-order valence-corrected chi connectivity index (χ3v) is 5.47. The lowest BCUT2D eigenvalue weighted by atomic mass is 10.2. The minimum absolute atomic E-state index is 0.103. The average Bonchev–Trinajstić information content (AvgIpc) is 3.52. The zero-order chi connectivity index (χ0) is 20.6. The van der Waals surface area contributed by atoms with Crippen LogP contribution in [-0.4, -0.2) is 31.8 Å². The molecule has 1 N–H and O–H groups in total. The number of carbonyl (C=O) groups excluding carboxylic acids is 1. The lowest BCUT2D eigenvalue weighted by Gasteiger charge is -2.03. The number of amides is 1. The highest BCUT2D eigenvalue weighted by Gasteiger charge is 2.11. The maximum atomic E-state index is 12.2. The van der Waals surface area contributed by atoms with Gasteiger partial charge >= 0.3 is 0 Å². The van der Waals surface area contributed by atoms with E-state index in [0.717, 1.165) is 29.1 Å². The van der Waals surface area contributed by atoms with E-state index < -0.39 is 0 Å². The van der Waals surface area contributed by atoms with E-state index in [4.69, 9.17) is 5.10 Å². The van der Waals surface area contributed by atoms with Crippen molar-refractivity contribution in [2.45, 2.75) is 19.5 Å². The summed E-state index contributed by atoms with van der Waals surface area (Å²) in [5.74, 6) is -0.103. The van der Waals surface area contributed by atoms with E-state index in [1.54, 1.807) is 29.9 Å². The van der Waals surface area contributed by atoms with E-state index >= 15 is 0 Å². The van der Waals surface area contributed by atoms with Gasteiger partial charge in [-0.2, -0.15) is 5.10 Å². The van der Waals surface area contributed by atoms with Gasteiger partial charge in [0.15, 0.2) is 0 Å². The van der Waals surface area contributed by atoms with E-state index in [1.807, 2.05) is 63.4 Å². The fraction of sp³-hybridized carbons (Fsp3) is 0.174. The maximum absolute atomic E-state index is 12.2. The molecule has 0 saturated heterocycles. The Hall–Kier alpha value is -3.45. The Morgan fingerprint density at radius 3 is 2.83 bits per heavy atom. The number of nitrogens with one attached hydrogen (secondary N) is 1. The summed E-state index contributed by atoms with van der Waals surface area (Å²) in [5, 5.41) is 9.73. The van der Waals surface area contributed by atoms with E-state index in [9.17, 15) is 4.79 Å². The molecule has 0 aliphatic heterocycles. The Morgan fingerprint density at radius 2 is 2.07 bits per heavy atom. The molecule has 0 atom stereocenters. The van der Waals surface area contributed by atoms with Crippen LogP contribution < -0.4 is 5.32 Å². The minimum Gasteiger partial charge on any atom is -0.352 e. The Bertz CT molecular complexity index is 1080. The molecule has 6 nitrogen and oxygen atoms in total. The summed E-state index contributed by atoms with van der Waals surface area (Å²) in [7, 11) is 0. The summed E-state index contributed by atoms with van der Waals surface area (Å²) in [6.45, 7) is 2.14. The SMILES string of the molecule is O=C(C=Cc1cn(Cc2ccccc2)nc1-c1cccs1)NCCCn1ccnc1. The number of benzene rings is 1. The standard InChI is InChI=1S/C23H23N5OS/c29-22(25-11-5-13-27-14-12-24-18-27)10-9-20-17-28(16-19-6-2-1-3-7-19)26-23(20)21-8-4-15-30-21/h1-4,6-10,12,14-15,17-18H,5,11,13,16H2,(H,25,29). The summed E-state index contributed by atoms with van der Waals surface area (Å²) >= 11 is 1.64. The molecule has 3 aromatic heterocycles. The molecule has 0 aliphatic rings. The average molecular weight is 418 g/mol. The van der Waals surface area contributed by atoms with E-state index in [-0.39, 0.29) is 5.91 Å². The Balaban J connectivity index is 1.40. The highest BCUT2D eigenvalue weighted by atomic mass is 32.1. The van der Waals surface area contributed by atoms with Crippen molar-refractivity contribution in [3.05, 3.63) is 90.0 Å². The van der Waals surface area contributed by atoms with E-state index in [2.05, 4.69) is 22.4 Å². The molecule has 0 spiro atoms. The number of carbonyl (C=O) groups is 1. The van der Waals surface area contributed by atoms with Gasteiger partial charge < -0.3 is 9.88 Å². The molecule has 1 amide bonds.